The fraction of sp³-hybridized carbons (Fsp3) is 0.333. The minimum absolute atomic E-state index is 0.298. The SMILES string of the molecule is CCNC(Cc1ccc(C)c(C)c1)c1ccc(I)c(Cl)c1. The van der Waals surface area contributed by atoms with E-state index in [1.807, 2.05) is 0 Å². The quantitative estimate of drug-likeness (QED) is 0.642. The first-order valence-corrected chi connectivity index (χ1v) is 8.71. The number of halogens is 2. The van der Waals surface area contributed by atoms with Crippen LogP contribution in [0.4, 0.5) is 0 Å². The third-order valence-corrected chi connectivity index (χ3v) is 5.38. The first kappa shape index (κ1) is 16.8. The molecule has 2 aromatic carbocycles. The van der Waals surface area contributed by atoms with Crippen LogP contribution in [0.3, 0.4) is 0 Å². The summed E-state index contributed by atoms with van der Waals surface area (Å²) in [6.45, 7) is 7.41. The van der Waals surface area contributed by atoms with Crippen molar-refractivity contribution in [3.05, 3.63) is 67.2 Å². The van der Waals surface area contributed by atoms with Crippen molar-refractivity contribution in [2.45, 2.75) is 33.2 Å². The normalized spacial score (nSPS) is 12.4. The first-order valence-electron chi connectivity index (χ1n) is 7.25. The number of rotatable bonds is 5. The van der Waals surface area contributed by atoms with Crippen molar-refractivity contribution in [1.29, 1.82) is 0 Å². The van der Waals surface area contributed by atoms with Gasteiger partial charge in [0.25, 0.3) is 0 Å². The summed E-state index contributed by atoms with van der Waals surface area (Å²) in [6, 6.07) is 13.3. The molecule has 0 amide bonds. The molecule has 0 bridgehead atoms. The smallest absolute Gasteiger partial charge is 0.0542 e. The standard InChI is InChI=1S/C18H21ClIN/c1-4-21-18(15-7-8-17(20)16(19)11-15)10-14-6-5-12(2)13(3)9-14/h5-9,11,18,21H,4,10H2,1-3H3. The highest BCUT2D eigenvalue weighted by Crippen LogP contribution is 2.26. The lowest BCUT2D eigenvalue weighted by Crippen LogP contribution is -2.23. The molecule has 1 N–H and O–H groups in total. The van der Waals surface area contributed by atoms with Crippen LogP contribution in [-0.2, 0) is 6.42 Å². The van der Waals surface area contributed by atoms with Crippen LogP contribution >= 0.6 is 34.2 Å². The summed E-state index contributed by atoms with van der Waals surface area (Å²) in [5.41, 5.74) is 5.30. The average molecular weight is 414 g/mol. The second-order valence-corrected chi connectivity index (χ2v) is 6.98. The van der Waals surface area contributed by atoms with E-state index >= 15 is 0 Å². The third-order valence-electron chi connectivity index (χ3n) is 3.81. The Hall–Kier alpha value is -0.580. The predicted octanol–water partition coefficient (Wildman–Crippen LogP) is 5.45. The first-order chi connectivity index (χ1) is 10.0. The van der Waals surface area contributed by atoms with Crippen molar-refractivity contribution in [1.82, 2.24) is 5.32 Å². The van der Waals surface area contributed by atoms with Gasteiger partial charge in [-0.25, -0.2) is 0 Å². The molecule has 1 unspecified atom stereocenters. The van der Waals surface area contributed by atoms with E-state index in [1.54, 1.807) is 0 Å². The molecule has 1 nitrogen and oxygen atoms in total. The minimum atomic E-state index is 0.298. The monoisotopic (exact) mass is 413 g/mol. The summed E-state index contributed by atoms with van der Waals surface area (Å²) in [6.07, 6.45) is 0.978. The Bertz CT molecular complexity index is 625. The van der Waals surface area contributed by atoms with Gasteiger partial charge in [-0.1, -0.05) is 42.8 Å². The summed E-state index contributed by atoms with van der Waals surface area (Å²) >= 11 is 8.54. The van der Waals surface area contributed by atoms with Crippen LogP contribution in [0.1, 0.15) is 35.2 Å². The van der Waals surface area contributed by atoms with E-state index in [2.05, 4.69) is 85.1 Å². The van der Waals surface area contributed by atoms with Gasteiger partial charge >= 0.3 is 0 Å². The molecule has 3 heteroatoms. The van der Waals surface area contributed by atoms with Gasteiger partial charge in [0.15, 0.2) is 0 Å². The number of aryl methyl sites for hydroxylation is 2. The molecule has 2 rings (SSSR count). The van der Waals surface area contributed by atoms with E-state index in [9.17, 15) is 0 Å². The molecular formula is C18H21ClIN. The fourth-order valence-corrected chi connectivity index (χ4v) is 2.97. The van der Waals surface area contributed by atoms with Crippen LogP contribution in [0.5, 0.6) is 0 Å². The van der Waals surface area contributed by atoms with Gasteiger partial charge in [-0.05, 0) is 83.8 Å². The average Bonchev–Trinajstić information content (AvgIpc) is 2.45. The molecule has 0 saturated carbocycles. The fourth-order valence-electron chi connectivity index (χ4n) is 2.45. The van der Waals surface area contributed by atoms with Crippen molar-refractivity contribution in [2.75, 3.05) is 6.54 Å². The minimum Gasteiger partial charge on any atom is -0.310 e. The Kier molecular flexibility index (Phi) is 6.08. The van der Waals surface area contributed by atoms with E-state index in [1.165, 1.54) is 22.3 Å². The molecule has 0 aromatic heterocycles. The molecule has 0 saturated heterocycles. The second kappa shape index (κ2) is 7.61. The van der Waals surface area contributed by atoms with Gasteiger partial charge in [0.2, 0.25) is 0 Å². The highest BCUT2D eigenvalue weighted by Gasteiger charge is 2.13. The van der Waals surface area contributed by atoms with E-state index < -0.39 is 0 Å². The topological polar surface area (TPSA) is 12.0 Å². The van der Waals surface area contributed by atoms with Gasteiger partial charge in [-0.2, -0.15) is 0 Å². The Labute approximate surface area is 146 Å². The molecule has 0 radical (unpaired) electrons. The number of hydrogen-bond donors (Lipinski definition) is 1. The van der Waals surface area contributed by atoms with E-state index in [0.29, 0.717) is 6.04 Å². The summed E-state index contributed by atoms with van der Waals surface area (Å²) in [5, 5.41) is 4.40. The van der Waals surface area contributed by atoms with Crippen molar-refractivity contribution in [3.8, 4) is 0 Å². The van der Waals surface area contributed by atoms with Gasteiger partial charge < -0.3 is 5.32 Å². The maximum Gasteiger partial charge on any atom is 0.0542 e. The zero-order valence-corrected chi connectivity index (χ0v) is 15.6. The molecule has 21 heavy (non-hydrogen) atoms. The van der Waals surface area contributed by atoms with Gasteiger partial charge in [0, 0.05) is 9.61 Å². The Morgan fingerprint density at radius 1 is 1.10 bits per heavy atom. The maximum absolute atomic E-state index is 6.27. The van der Waals surface area contributed by atoms with Crippen molar-refractivity contribution < 1.29 is 0 Å². The molecule has 0 spiro atoms. The predicted molar refractivity (Wildman–Crippen MR) is 100 cm³/mol. The highest BCUT2D eigenvalue weighted by atomic mass is 127. The lowest BCUT2D eigenvalue weighted by atomic mass is 9.96. The van der Waals surface area contributed by atoms with E-state index in [0.717, 1.165) is 21.6 Å². The maximum atomic E-state index is 6.27. The van der Waals surface area contributed by atoms with Crippen LogP contribution < -0.4 is 5.32 Å². The summed E-state index contributed by atoms with van der Waals surface area (Å²) in [5.74, 6) is 0. The van der Waals surface area contributed by atoms with Crippen LogP contribution in [0.15, 0.2) is 36.4 Å². The van der Waals surface area contributed by atoms with Crippen LogP contribution in [-0.4, -0.2) is 6.54 Å². The number of likely N-dealkylation sites (N-methyl/N-ethyl adjacent to an activating group) is 1. The largest absolute Gasteiger partial charge is 0.310 e. The lowest BCUT2D eigenvalue weighted by Gasteiger charge is -2.19. The third kappa shape index (κ3) is 4.44. The molecule has 0 fully saturated rings. The van der Waals surface area contributed by atoms with Gasteiger partial charge in [0.1, 0.15) is 0 Å². The number of benzene rings is 2. The molecular weight excluding hydrogens is 393 g/mol. The highest BCUT2D eigenvalue weighted by molar-refractivity contribution is 14.1. The Morgan fingerprint density at radius 3 is 2.48 bits per heavy atom. The van der Waals surface area contributed by atoms with Gasteiger partial charge in [-0.3, -0.25) is 0 Å². The van der Waals surface area contributed by atoms with Crippen molar-refractivity contribution in [2.24, 2.45) is 0 Å². The molecule has 0 aliphatic rings. The van der Waals surface area contributed by atoms with E-state index in [-0.39, 0.29) is 0 Å². The summed E-state index contributed by atoms with van der Waals surface area (Å²) in [4.78, 5) is 0. The second-order valence-electron chi connectivity index (χ2n) is 5.41. The van der Waals surface area contributed by atoms with Gasteiger partial charge in [-0.15, -0.1) is 0 Å². The molecule has 1 atom stereocenters. The van der Waals surface area contributed by atoms with Crippen LogP contribution in [0.2, 0.25) is 5.02 Å². The Morgan fingerprint density at radius 2 is 1.86 bits per heavy atom. The van der Waals surface area contributed by atoms with Gasteiger partial charge in [0.05, 0.1) is 5.02 Å². The van der Waals surface area contributed by atoms with Crippen LogP contribution in [0.25, 0.3) is 0 Å². The van der Waals surface area contributed by atoms with Crippen LogP contribution in [0, 0.1) is 17.4 Å². The molecule has 112 valence electrons. The van der Waals surface area contributed by atoms with Crippen molar-refractivity contribution in [3.63, 3.8) is 0 Å². The summed E-state index contributed by atoms with van der Waals surface area (Å²) in [7, 11) is 0. The lowest BCUT2D eigenvalue weighted by molar-refractivity contribution is 0.549. The zero-order chi connectivity index (χ0) is 15.4. The molecule has 0 aliphatic carbocycles. The Balaban J connectivity index is 2.25. The van der Waals surface area contributed by atoms with E-state index in [4.69, 9.17) is 11.6 Å². The number of nitrogens with one attached hydrogen (secondary N) is 1. The molecule has 0 aliphatic heterocycles. The zero-order valence-electron chi connectivity index (χ0n) is 12.7. The number of hydrogen-bond acceptors (Lipinski definition) is 1. The van der Waals surface area contributed by atoms with Crippen molar-refractivity contribution >= 4 is 34.2 Å². The molecule has 0 heterocycles. The molecule has 2 aromatic rings. The summed E-state index contributed by atoms with van der Waals surface area (Å²) < 4.78 is 1.10.